The molecule has 0 bridgehead atoms. The molecule has 1 aliphatic carbocycles. The number of anilines is 1. The molecule has 0 atom stereocenters. The van der Waals surface area contributed by atoms with Crippen LogP contribution in [0.15, 0.2) is 23.1 Å². The quantitative estimate of drug-likeness (QED) is 0.487. The molecule has 1 aromatic carbocycles. The highest BCUT2D eigenvalue weighted by Gasteiger charge is 2.41. The topological polar surface area (TPSA) is 115 Å². The van der Waals surface area contributed by atoms with E-state index in [9.17, 15) is 18.5 Å². The van der Waals surface area contributed by atoms with Crippen LogP contribution in [0.3, 0.4) is 0 Å². The standard InChI is InChI=1S/C12H17N3O4S/c1-12(2,8-3-4-8)14-20(18,19)11-7-9(15(16)17)5-6-10(11)13/h5-8,14H,3-4,13H2,1-2H3. The van der Waals surface area contributed by atoms with E-state index in [4.69, 9.17) is 5.73 Å². The van der Waals surface area contributed by atoms with Crippen molar-refractivity contribution in [1.29, 1.82) is 0 Å². The Hall–Kier alpha value is -1.67. The molecule has 0 saturated heterocycles. The number of rotatable bonds is 5. The highest BCUT2D eigenvalue weighted by molar-refractivity contribution is 7.89. The van der Waals surface area contributed by atoms with E-state index in [0.717, 1.165) is 18.9 Å². The number of nitrogens with two attached hydrogens (primary N) is 1. The first-order chi connectivity index (χ1) is 9.13. The number of nitro benzene ring substituents is 1. The summed E-state index contributed by atoms with van der Waals surface area (Å²) in [5.74, 6) is 0.289. The lowest BCUT2D eigenvalue weighted by Gasteiger charge is -2.26. The summed E-state index contributed by atoms with van der Waals surface area (Å²) in [7, 11) is -3.89. The summed E-state index contributed by atoms with van der Waals surface area (Å²) in [5, 5.41) is 10.7. The maximum absolute atomic E-state index is 12.4. The normalized spacial score (nSPS) is 16.1. The number of benzene rings is 1. The van der Waals surface area contributed by atoms with Crippen LogP contribution in [0.1, 0.15) is 26.7 Å². The highest BCUT2D eigenvalue weighted by Crippen LogP contribution is 2.40. The van der Waals surface area contributed by atoms with E-state index < -0.39 is 20.5 Å². The lowest BCUT2D eigenvalue weighted by Crippen LogP contribution is -2.45. The van der Waals surface area contributed by atoms with Gasteiger partial charge in [-0.05, 0) is 38.7 Å². The Labute approximate surface area is 117 Å². The van der Waals surface area contributed by atoms with Crippen LogP contribution in [0.5, 0.6) is 0 Å². The Morgan fingerprint density at radius 2 is 2.00 bits per heavy atom. The van der Waals surface area contributed by atoms with Gasteiger partial charge < -0.3 is 5.73 Å². The van der Waals surface area contributed by atoms with Crippen molar-refractivity contribution >= 4 is 21.4 Å². The van der Waals surface area contributed by atoms with Crippen LogP contribution in [-0.2, 0) is 10.0 Å². The summed E-state index contributed by atoms with van der Waals surface area (Å²) in [6, 6.07) is 3.40. The van der Waals surface area contributed by atoms with Gasteiger partial charge in [0, 0.05) is 17.7 Å². The molecule has 1 fully saturated rings. The fraction of sp³-hybridized carbons (Fsp3) is 0.500. The number of nitro groups is 1. The summed E-state index contributed by atoms with van der Waals surface area (Å²) < 4.78 is 27.3. The lowest BCUT2D eigenvalue weighted by molar-refractivity contribution is -0.385. The van der Waals surface area contributed by atoms with Crippen LogP contribution < -0.4 is 10.5 Å². The van der Waals surface area contributed by atoms with Crippen LogP contribution >= 0.6 is 0 Å². The van der Waals surface area contributed by atoms with Gasteiger partial charge in [0.05, 0.1) is 10.6 Å². The van der Waals surface area contributed by atoms with Crippen molar-refractivity contribution in [3.05, 3.63) is 28.3 Å². The predicted octanol–water partition coefficient (Wildman–Crippen LogP) is 1.64. The number of hydrogen-bond donors (Lipinski definition) is 2. The molecule has 1 aliphatic rings. The van der Waals surface area contributed by atoms with E-state index in [0.29, 0.717) is 0 Å². The molecule has 7 nitrogen and oxygen atoms in total. The number of sulfonamides is 1. The zero-order valence-corrected chi connectivity index (χ0v) is 12.1. The zero-order valence-electron chi connectivity index (χ0n) is 11.3. The van der Waals surface area contributed by atoms with Gasteiger partial charge in [-0.25, -0.2) is 13.1 Å². The summed E-state index contributed by atoms with van der Waals surface area (Å²) in [4.78, 5) is 9.85. The molecular formula is C12H17N3O4S. The Morgan fingerprint density at radius 3 is 2.50 bits per heavy atom. The first kappa shape index (κ1) is 14.7. The van der Waals surface area contributed by atoms with E-state index in [1.165, 1.54) is 12.1 Å². The first-order valence-electron chi connectivity index (χ1n) is 6.21. The van der Waals surface area contributed by atoms with Crippen molar-refractivity contribution in [2.45, 2.75) is 37.1 Å². The fourth-order valence-electron chi connectivity index (χ4n) is 2.16. The van der Waals surface area contributed by atoms with E-state index >= 15 is 0 Å². The molecule has 20 heavy (non-hydrogen) atoms. The molecule has 1 aromatic rings. The molecule has 0 aromatic heterocycles. The van der Waals surface area contributed by atoms with Gasteiger partial charge in [0.2, 0.25) is 10.0 Å². The average molecular weight is 299 g/mol. The number of hydrogen-bond acceptors (Lipinski definition) is 5. The molecular weight excluding hydrogens is 282 g/mol. The molecule has 0 spiro atoms. The molecule has 0 amide bonds. The molecule has 8 heteroatoms. The van der Waals surface area contributed by atoms with Crippen molar-refractivity contribution in [3.8, 4) is 0 Å². The number of nitrogens with zero attached hydrogens (tertiary/aromatic N) is 1. The predicted molar refractivity (Wildman–Crippen MR) is 74.6 cm³/mol. The smallest absolute Gasteiger partial charge is 0.270 e. The van der Waals surface area contributed by atoms with Gasteiger partial charge in [0.1, 0.15) is 4.90 Å². The minimum absolute atomic E-state index is 0.00491. The van der Waals surface area contributed by atoms with E-state index in [-0.39, 0.29) is 22.2 Å². The summed E-state index contributed by atoms with van der Waals surface area (Å²) in [5.41, 5.74) is 4.75. The Morgan fingerprint density at radius 1 is 1.40 bits per heavy atom. The van der Waals surface area contributed by atoms with Gasteiger partial charge in [0.25, 0.3) is 5.69 Å². The highest BCUT2D eigenvalue weighted by atomic mass is 32.2. The third-order valence-corrected chi connectivity index (χ3v) is 5.22. The maximum Gasteiger partial charge on any atom is 0.270 e. The van der Waals surface area contributed by atoms with Crippen LogP contribution in [0, 0.1) is 16.0 Å². The van der Waals surface area contributed by atoms with Crippen molar-refractivity contribution in [1.82, 2.24) is 4.72 Å². The van der Waals surface area contributed by atoms with E-state index in [1.807, 2.05) is 0 Å². The molecule has 3 N–H and O–H groups in total. The van der Waals surface area contributed by atoms with Crippen molar-refractivity contribution in [2.75, 3.05) is 5.73 Å². The van der Waals surface area contributed by atoms with Crippen LogP contribution in [0.4, 0.5) is 11.4 Å². The molecule has 2 rings (SSSR count). The van der Waals surface area contributed by atoms with Gasteiger partial charge in [-0.3, -0.25) is 10.1 Å². The molecule has 0 heterocycles. The Balaban J connectivity index is 2.38. The number of nitrogen functional groups attached to an aromatic ring is 1. The third kappa shape index (κ3) is 2.91. The monoisotopic (exact) mass is 299 g/mol. The van der Waals surface area contributed by atoms with E-state index in [1.54, 1.807) is 13.8 Å². The number of non-ortho nitro benzene ring substituents is 1. The first-order valence-corrected chi connectivity index (χ1v) is 7.70. The molecule has 110 valence electrons. The summed E-state index contributed by atoms with van der Waals surface area (Å²) in [6.45, 7) is 3.60. The van der Waals surface area contributed by atoms with Crippen molar-refractivity contribution < 1.29 is 13.3 Å². The number of nitrogens with one attached hydrogen (secondary N) is 1. The lowest BCUT2D eigenvalue weighted by atomic mass is 10.0. The van der Waals surface area contributed by atoms with Crippen LogP contribution in [-0.4, -0.2) is 18.9 Å². The third-order valence-electron chi connectivity index (χ3n) is 3.49. The minimum atomic E-state index is -3.89. The van der Waals surface area contributed by atoms with Crippen LogP contribution in [0.2, 0.25) is 0 Å². The largest absolute Gasteiger partial charge is 0.398 e. The molecule has 0 aliphatic heterocycles. The average Bonchev–Trinajstić information content (AvgIpc) is 3.11. The molecule has 1 saturated carbocycles. The summed E-state index contributed by atoms with van der Waals surface area (Å²) in [6.07, 6.45) is 1.94. The van der Waals surface area contributed by atoms with Crippen molar-refractivity contribution in [2.24, 2.45) is 5.92 Å². The van der Waals surface area contributed by atoms with Gasteiger partial charge in [-0.1, -0.05) is 0 Å². The minimum Gasteiger partial charge on any atom is -0.398 e. The Bertz CT molecular complexity index is 651. The van der Waals surface area contributed by atoms with Crippen molar-refractivity contribution in [3.63, 3.8) is 0 Å². The van der Waals surface area contributed by atoms with Crippen LogP contribution in [0.25, 0.3) is 0 Å². The Kier molecular flexibility index (Phi) is 3.47. The molecule has 0 unspecified atom stereocenters. The van der Waals surface area contributed by atoms with E-state index in [2.05, 4.69) is 4.72 Å². The fourth-order valence-corrected chi connectivity index (χ4v) is 3.78. The summed E-state index contributed by atoms with van der Waals surface area (Å²) >= 11 is 0. The van der Waals surface area contributed by atoms with Gasteiger partial charge >= 0.3 is 0 Å². The van der Waals surface area contributed by atoms with Gasteiger partial charge in [-0.2, -0.15) is 0 Å². The second kappa shape index (κ2) is 4.71. The zero-order chi connectivity index (χ0) is 15.1. The SMILES string of the molecule is CC(C)(NS(=O)(=O)c1cc([N+](=O)[O-])ccc1N)C1CC1. The van der Waals surface area contributed by atoms with Gasteiger partial charge in [0.15, 0.2) is 0 Å². The second-order valence-corrected chi connectivity index (χ2v) is 7.23. The maximum atomic E-state index is 12.4. The molecule has 0 radical (unpaired) electrons. The van der Waals surface area contributed by atoms with Gasteiger partial charge in [-0.15, -0.1) is 0 Å². The second-order valence-electron chi connectivity index (χ2n) is 5.58.